The van der Waals surface area contributed by atoms with Crippen molar-refractivity contribution in [2.75, 3.05) is 11.5 Å². The monoisotopic (exact) mass is 435 g/mol. The summed E-state index contributed by atoms with van der Waals surface area (Å²) in [5, 5.41) is 3.26. The Kier molecular flexibility index (Phi) is 7.10. The first kappa shape index (κ1) is 22.3. The van der Waals surface area contributed by atoms with Gasteiger partial charge in [-0.15, -0.1) is 0 Å². The molecule has 0 saturated heterocycles. The molecule has 6 nitrogen and oxygen atoms in total. The third-order valence-corrected chi connectivity index (χ3v) is 6.63. The molecule has 4 rings (SSSR count). The van der Waals surface area contributed by atoms with Crippen molar-refractivity contribution in [1.82, 2.24) is 5.32 Å². The van der Waals surface area contributed by atoms with E-state index < -0.39 is 18.0 Å². The second-order valence-corrected chi connectivity index (χ2v) is 9.10. The van der Waals surface area contributed by atoms with Crippen molar-refractivity contribution in [2.45, 2.75) is 64.1 Å². The van der Waals surface area contributed by atoms with Gasteiger partial charge >= 0.3 is 0 Å². The molecule has 3 N–H and O–H groups in total. The second-order valence-electron chi connectivity index (χ2n) is 9.10. The molecule has 0 spiro atoms. The normalized spacial score (nSPS) is 20.2. The first-order valence-corrected chi connectivity index (χ1v) is 11.7. The van der Waals surface area contributed by atoms with Gasteiger partial charge in [-0.05, 0) is 37.0 Å². The van der Waals surface area contributed by atoms with Gasteiger partial charge in [0, 0.05) is 0 Å². The standard InChI is InChI=1S/C26H33N3O3/c1-18-11-13-20(14-12-18)16-29-23-9-5-6-10-24(23)32-17-22(26(29)31)28-21(25(27)30)15-19-7-3-2-4-8-19/h5-6,9-14,19,21-22,28H,2-4,7-8,15-17H2,1H3,(H2,27,30)/t21-,22?/m0/s1. The number of para-hydroxylation sites is 2. The molecule has 2 atom stereocenters. The van der Waals surface area contributed by atoms with Crippen LogP contribution in [0.5, 0.6) is 5.75 Å². The van der Waals surface area contributed by atoms with Gasteiger partial charge in [0.15, 0.2) is 0 Å². The number of carbonyl (C=O) groups is 2. The molecule has 0 aromatic heterocycles. The molecule has 1 aliphatic heterocycles. The lowest BCUT2D eigenvalue weighted by atomic mass is 9.84. The Bertz CT molecular complexity index is 938. The molecule has 32 heavy (non-hydrogen) atoms. The number of ether oxygens (including phenoxy) is 1. The molecule has 1 unspecified atom stereocenters. The molecule has 1 heterocycles. The molecular formula is C26H33N3O3. The summed E-state index contributed by atoms with van der Waals surface area (Å²) in [7, 11) is 0. The van der Waals surface area contributed by atoms with E-state index in [1.165, 1.54) is 24.8 Å². The molecule has 1 aliphatic carbocycles. The molecular weight excluding hydrogens is 402 g/mol. The summed E-state index contributed by atoms with van der Waals surface area (Å²) in [5.41, 5.74) is 8.69. The van der Waals surface area contributed by atoms with Crippen molar-refractivity contribution in [1.29, 1.82) is 0 Å². The van der Waals surface area contributed by atoms with Gasteiger partial charge in [-0.3, -0.25) is 14.9 Å². The number of benzene rings is 2. The minimum Gasteiger partial charge on any atom is -0.489 e. The molecule has 2 amide bonds. The van der Waals surface area contributed by atoms with Crippen LogP contribution in [0, 0.1) is 12.8 Å². The lowest BCUT2D eigenvalue weighted by Gasteiger charge is -2.29. The van der Waals surface area contributed by atoms with E-state index in [0.29, 0.717) is 24.6 Å². The van der Waals surface area contributed by atoms with Crippen molar-refractivity contribution in [3.05, 3.63) is 59.7 Å². The van der Waals surface area contributed by atoms with Crippen molar-refractivity contribution < 1.29 is 14.3 Å². The Labute approximate surface area is 190 Å². The van der Waals surface area contributed by atoms with Gasteiger partial charge < -0.3 is 15.4 Å². The highest BCUT2D eigenvalue weighted by Gasteiger charge is 2.34. The fourth-order valence-corrected chi connectivity index (χ4v) is 4.78. The fraction of sp³-hybridized carbons (Fsp3) is 0.462. The van der Waals surface area contributed by atoms with E-state index in [-0.39, 0.29) is 12.5 Å². The Morgan fingerprint density at radius 2 is 1.84 bits per heavy atom. The summed E-state index contributed by atoms with van der Waals surface area (Å²) in [6.45, 7) is 2.64. The number of hydrogen-bond acceptors (Lipinski definition) is 4. The highest BCUT2D eigenvalue weighted by molar-refractivity contribution is 5.99. The van der Waals surface area contributed by atoms with Gasteiger partial charge in [0.25, 0.3) is 0 Å². The molecule has 2 aromatic carbocycles. The average molecular weight is 436 g/mol. The zero-order valence-electron chi connectivity index (χ0n) is 18.8. The number of fused-ring (bicyclic) bond motifs is 1. The molecule has 2 aromatic rings. The molecule has 0 bridgehead atoms. The lowest BCUT2D eigenvalue weighted by molar-refractivity contribution is -0.123. The summed E-state index contributed by atoms with van der Waals surface area (Å²) < 4.78 is 6.01. The van der Waals surface area contributed by atoms with Crippen molar-refractivity contribution >= 4 is 17.5 Å². The minimum absolute atomic E-state index is 0.106. The number of primary amides is 1. The zero-order chi connectivity index (χ0) is 22.5. The molecule has 1 saturated carbocycles. The van der Waals surface area contributed by atoms with Crippen LogP contribution in [-0.2, 0) is 16.1 Å². The number of rotatable bonds is 7. The van der Waals surface area contributed by atoms with E-state index in [9.17, 15) is 9.59 Å². The fourth-order valence-electron chi connectivity index (χ4n) is 4.78. The minimum atomic E-state index is -0.645. The summed E-state index contributed by atoms with van der Waals surface area (Å²) in [5.74, 6) is 0.622. The van der Waals surface area contributed by atoms with E-state index >= 15 is 0 Å². The number of nitrogens with one attached hydrogen (secondary N) is 1. The summed E-state index contributed by atoms with van der Waals surface area (Å²) >= 11 is 0. The predicted octanol–water partition coefficient (Wildman–Crippen LogP) is 3.70. The van der Waals surface area contributed by atoms with Crippen LogP contribution in [-0.4, -0.2) is 30.5 Å². The summed E-state index contributed by atoms with van der Waals surface area (Å²) in [6, 6.07) is 14.6. The first-order chi connectivity index (χ1) is 15.5. The molecule has 170 valence electrons. The molecule has 6 heteroatoms. The van der Waals surface area contributed by atoms with Crippen LogP contribution >= 0.6 is 0 Å². The van der Waals surface area contributed by atoms with Gasteiger partial charge in [0.2, 0.25) is 11.8 Å². The third kappa shape index (κ3) is 5.30. The first-order valence-electron chi connectivity index (χ1n) is 11.7. The topological polar surface area (TPSA) is 84.7 Å². The largest absolute Gasteiger partial charge is 0.489 e. The van der Waals surface area contributed by atoms with Crippen LogP contribution in [0.4, 0.5) is 5.69 Å². The van der Waals surface area contributed by atoms with E-state index in [0.717, 1.165) is 24.1 Å². The van der Waals surface area contributed by atoms with Crippen molar-refractivity contribution in [2.24, 2.45) is 11.7 Å². The highest BCUT2D eigenvalue weighted by Crippen LogP contribution is 2.33. The van der Waals surface area contributed by atoms with Crippen LogP contribution in [0.25, 0.3) is 0 Å². The van der Waals surface area contributed by atoms with E-state index in [1.54, 1.807) is 4.90 Å². The summed E-state index contributed by atoms with van der Waals surface area (Å²) in [6.07, 6.45) is 6.55. The van der Waals surface area contributed by atoms with E-state index in [1.807, 2.05) is 55.5 Å². The zero-order valence-corrected chi connectivity index (χ0v) is 18.8. The van der Waals surface area contributed by atoms with Crippen LogP contribution < -0.4 is 20.7 Å². The number of carbonyl (C=O) groups excluding carboxylic acids is 2. The number of amides is 2. The SMILES string of the molecule is Cc1ccc(CN2C(=O)C(N[C@@H](CC3CCCCC3)C(N)=O)COc3ccccc32)cc1. The van der Waals surface area contributed by atoms with Gasteiger partial charge in [-0.2, -0.15) is 0 Å². The quantitative estimate of drug-likeness (QED) is 0.694. The average Bonchev–Trinajstić information content (AvgIpc) is 2.93. The van der Waals surface area contributed by atoms with Gasteiger partial charge in [-0.25, -0.2) is 0 Å². The number of nitrogens with two attached hydrogens (primary N) is 1. The number of aryl methyl sites for hydroxylation is 1. The van der Waals surface area contributed by atoms with Crippen LogP contribution in [0.1, 0.15) is 49.7 Å². The van der Waals surface area contributed by atoms with E-state index in [4.69, 9.17) is 10.5 Å². The van der Waals surface area contributed by atoms with Gasteiger partial charge in [0.1, 0.15) is 18.4 Å². The van der Waals surface area contributed by atoms with Gasteiger partial charge in [0.05, 0.1) is 18.3 Å². The van der Waals surface area contributed by atoms with E-state index in [2.05, 4.69) is 5.32 Å². The lowest BCUT2D eigenvalue weighted by Crippen LogP contribution is -2.55. The molecule has 0 radical (unpaired) electrons. The Morgan fingerprint density at radius 1 is 1.12 bits per heavy atom. The molecule has 2 aliphatic rings. The smallest absolute Gasteiger partial charge is 0.248 e. The van der Waals surface area contributed by atoms with Crippen molar-refractivity contribution in [3.63, 3.8) is 0 Å². The number of hydrogen-bond donors (Lipinski definition) is 2. The third-order valence-electron chi connectivity index (χ3n) is 6.63. The Balaban J connectivity index is 1.55. The maximum Gasteiger partial charge on any atom is 0.248 e. The maximum absolute atomic E-state index is 13.7. The Morgan fingerprint density at radius 3 is 2.56 bits per heavy atom. The van der Waals surface area contributed by atoms with Crippen molar-refractivity contribution in [3.8, 4) is 5.75 Å². The Hall–Kier alpha value is -2.86. The van der Waals surface area contributed by atoms with Gasteiger partial charge in [-0.1, -0.05) is 74.1 Å². The number of nitrogens with zero attached hydrogens (tertiary/aromatic N) is 1. The highest BCUT2D eigenvalue weighted by atomic mass is 16.5. The predicted molar refractivity (Wildman–Crippen MR) is 125 cm³/mol. The van der Waals surface area contributed by atoms with Crippen LogP contribution in [0.3, 0.4) is 0 Å². The van der Waals surface area contributed by atoms with Crippen LogP contribution in [0.15, 0.2) is 48.5 Å². The number of anilines is 1. The molecule has 1 fully saturated rings. The maximum atomic E-state index is 13.7. The van der Waals surface area contributed by atoms with Crippen LogP contribution in [0.2, 0.25) is 0 Å². The summed E-state index contributed by atoms with van der Waals surface area (Å²) in [4.78, 5) is 27.7. The second kappa shape index (κ2) is 10.2.